The highest BCUT2D eigenvalue weighted by Gasteiger charge is 2.33. The molecule has 1 saturated heterocycles. The van der Waals surface area contributed by atoms with Gasteiger partial charge in [-0.2, -0.15) is 4.31 Å². The monoisotopic (exact) mass is 538 g/mol. The maximum Gasteiger partial charge on any atom is 0.243 e. The fraction of sp³-hybridized carbons (Fsp3) is 0.310. The number of carbonyl (C=O) groups is 2. The van der Waals surface area contributed by atoms with Crippen LogP contribution >= 0.6 is 11.6 Å². The van der Waals surface area contributed by atoms with Crippen LogP contribution in [0.3, 0.4) is 0 Å². The van der Waals surface area contributed by atoms with Crippen LogP contribution in [0.2, 0.25) is 5.02 Å². The number of amides is 1. The number of ketones is 1. The number of piperidine rings is 1. The molecule has 1 fully saturated rings. The summed E-state index contributed by atoms with van der Waals surface area (Å²) < 4.78 is 27.5. The Morgan fingerprint density at radius 1 is 0.946 bits per heavy atom. The summed E-state index contributed by atoms with van der Waals surface area (Å²) in [6.45, 7) is 6.81. The van der Waals surface area contributed by atoms with Gasteiger partial charge in [0.2, 0.25) is 15.9 Å². The average Bonchev–Trinajstić information content (AvgIpc) is 2.88. The minimum atomic E-state index is -3.73. The molecule has 1 N–H and O–H groups in total. The van der Waals surface area contributed by atoms with E-state index in [9.17, 15) is 18.0 Å². The summed E-state index contributed by atoms with van der Waals surface area (Å²) in [7, 11) is -3.73. The van der Waals surface area contributed by atoms with Crippen LogP contribution in [-0.4, -0.2) is 37.5 Å². The van der Waals surface area contributed by atoms with E-state index in [1.165, 1.54) is 28.6 Å². The molecular weight excluding hydrogens is 508 g/mol. The molecule has 37 heavy (non-hydrogen) atoms. The van der Waals surface area contributed by atoms with E-state index in [2.05, 4.69) is 26.1 Å². The van der Waals surface area contributed by atoms with Crippen LogP contribution in [0, 0.1) is 5.92 Å². The number of nitrogens with one attached hydrogen (secondary N) is 1. The Bertz CT molecular complexity index is 1400. The van der Waals surface area contributed by atoms with E-state index in [-0.39, 0.29) is 28.5 Å². The number of carbonyl (C=O) groups excluding carboxylic acids is 2. The number of hydrogen-bond donors (Lipinski definition) is 1. The van der Waals surface area contributed by atoms with Crippen molar-refractivity contribution in [3.05, 3.63) is 94.5 Å². The second-order valence-electron chi connectivity index (χ2n) is 10.4. The minimum absolute atomic E-state index is 0.00533. The first-order valence-corrected chi connectivity index (χ1v) is 14.1. The third-order valence-electron chi connectivity index (χ3n) is 6.61. The maximum atomic E-state index is 13.1. The molecule has 8 heteroatoms. The van der Waals surface area contributed by atoms with E-state index in [0.29, 0.717) is 41.2 Å². The van der Waals surface area contributed by atoms with E-state index in [4.69, 9.17) is 11.6 Å². The SMILES string of the molecule is CC(C)(C)c1ccc(C(=O)c2cccc(NC(=O)[C@@H]3CCCN(S(=O)(=O)c4ccc(Cl)cc4)C3)c2)cc1. The van der Waals surface area contributed by atoms with Crippen molar-refractivity contribution < 1.29 is 18.0 Å². The number of anilines is 1. The first-order valence-electron chi connectivity index (χ1n) is 12.3. The van der Waals surface area contributed by atoms with Crippen LogP contribution in [-0.2, 0) is 20.2 Å². The van der Waals surface area contributed by atoms with E-state index >= 15 is 0 Å². The molecule has 1 heterocycles. The van der Waals surface area contributed by atoms with Gasteiger partial charge in [0, 0.05) is 34.9 Å². The van der Waals surface area contributed by atoms with Gasteiger partial charge in [0.25, 0.3) is 0 Å². The lowest BCUT2D eigenvalue weighted by Crippen LogP contribution is -2.43. The van der Waals surface area contributed by atoms with Crippen LogP contribution in [0.5, 0.6) is 0 Å². The van der Waals surface area contributed by atoms with Crippen molar-refractivity contribution in [2.24, 2.45) is 5.92 Å². The number of rotatable bonds is 6. The molecule has 0 aromatic heterocycles. The first kappa shape index (κ1) is 27.0. The topological polar surface area (TPSA) is 83.6 Å². The first-order chi connectivity index (χ1) is 17.4. The number of sulfonamides is 1. The van der Waals surface area contributed by atoms with Crippen molar-refractivity contribution in [2.75, 3.05) is 18.4 Å². The van der Waals surface area contributed by atoms with Gasteiger partial charge in [0.1, 0.15) is 0 Å². The largest absolute Gasteiger partial charge is 0.326 e. The van der Waals surface area contributed by atoms with Crippen LogP contribution in [0.25, 0.3) is 0 Å². The fourth-order valence-corrected chi connectivity index (χ4v) is 6.05. The summed E-state index contributed by atoms with van der Waals surface area (Å²) in [6, 6.07) is 20.4. The Morgan fingerprint density at radius 3 is 2.27 bits per heavy atom. The summed E-state index contributed by atoms with van der Waals surface area (Å²) in [5.41, 5.74) is 2.68. The predicted octanol–water partition coefficient (Wildman–Crippen LogP) is 5.91. The molecule has 3 aromatic rings. The third-order valence-corrected chi connectivity index (χ3v) is 8.74. The van der Waals surface area contributed by atoms with Crippen molar-refractivity contribution in [3.8, 4) is 0 Å². The number of benzene rings is 3. The van der Waals surface area contributed by atoms with E-state index < -0.39 is 15.9 Å². The molecule has 1 amide bonds. The highest BCUT2D eigenvalue weighted by atomic mass is 35.5. The Morgan fingerprint density at radius 2 is 1.62 bits per heavy atom. The number of hydrogen-bond acceptors (Lipinski definition) is 4. The lowest BCUT2D eigenvalue weighted by Gasteiger charge is -2.31. The van der Waals surface area contributed by atoms with Gasteiger partial charge in [-0.25, -0.2) is 8.42 Å². The van der Waals surface area contributed by atoms with Crippen molar-refractivity contribution in [3.63, 3.8) is 0 Å². The molecular formula is C29H31ClN2O4S. The quantitative estimate of drug-likeness (QED) is 0.395. The van der Waals surface area contributed by atoms with E-state index in [1.54, 1.807) is 24.3 Å². The summed E-state index contributed by atoms with van der Waals surface area (Å²) in [4.78, 5) is 26.3. The molecule has 3 aromatic carbocycles. The summed E-state index contributed by atoms with van der Waals surface area (Å²) in [5, 5.41) is 3.33. The van der Waals surface area contributed by atoms with Gasteiger partial charge in [-0.1, -0.05) is 68.8 Å². The van der Waals surface area contributed by atoms with Crippen molar-refractivity contribution >= 4 is 39.0 Å². The van der Waals surface area contributed by atoms with Gasteiger partial charge in [0.15, 0.2) is 5.78 Å². The van der Waals surface area contributed by atoms with Crippen LogP contribution in [0.1, 0.15) is 55.1 Å². The molecule has 0 bridgehead atoms. The summed E-state index contributed by atoms with van der Waals surface area (Å²) in [5.74, 6) is -0.898. The van der Waals surface area contributed by atoms with Gasteiger partial charge in [-0.15, -0.1) is 0 Å². The zero-order chi connectivity index (χ0) is 26.8. The molecule has 0 unspecified atom stereocenters. The molecule has 1 aliphatic heterocycles. The highest BCUT2D eigenvalue weighted by molar-refractivity contribution is 7.89. The van der Waals surface area contributed by atoms with Crippen LogP contribution < -0.4 is 5.32 Å². The lowest BCUT2D eigenvalue weighted by atomic mass is 9.86. The highest BCUT2D eigenvalue weighted by Crippen LogP contribution is 2.27. The number of halogens is 1. The predicted molar refractivity (Wildman–Crippen MR) is 147 cm³/mol. The van der Waals surface area contributed by atoms with Crippen LogP contribution in [0.4, 0.5) is 5.69 Å². The summed E-state index contributed by atoms with van der Waals surface area (Å²) >= 11 is 5.89. The molecule has 0 saturated carbocycles. The Labute approximate surface area is 223 Å². The van der Waals surface area contributed by atoms with Gasteiger partial charge >= 0.3 is 0 Å². The molecule has 4 rings (SSSR count). The van der Waals surface area contributed by atoms with Gasteiger partial charge in [-0.3, -0.25) is 9.59 Å². The van der Waals surface area contributed by atoms with Crippen molar-refractivity contribution in [1.82, 2.24) is 4.31 Å². The fourth-order valence-electron chi connectivity index (χ4n) is 4.40. The maximum absolute atomic E-state index is 13.1. The van der Waals surface area contributed by atoms with Crippen molar-refractivity contribution in [1.29, 1.82) is 0 Å². The molecule has 0 aliphatic carbocycles. The smallest absolute Gasteiger partial charge is 0.243 e. The van der Waals surface area contributed by atoms with E-state index in [0.717, 1.165) is 5.56 Å². The molecule has 0 spiro atoms. The second kappa shape index (κ2) is 10.8. The molecule has 1 atom stereocenters. The molecule has 194 valence electrons. The van der Waals surface area contributed by atoms with Gasteiger partial charge in [-0.05, 0) is 60.2 Å². The molecule has 6 nitrogen and oxygen atoms in total. The van der Waals surface area contributed by atoms with E-state index in [1.807, 2.05) is 24.3 Å². The molecule has 0 radical (unpaired) electrons. The number of nitrogens with zero attached hydrogens (tertiary/aromatic N) is 1. The normalized spacial score (nSPS) is 16.8. The zero-order valence-electron chi connectivity index (χ0n) is 21.2. The third kappa shape index (κ3) is 6.29. The minimum Gasteiger partial charge on any atom is -0.326 e. The Balaban J connectivity index is 1.44. The Hall–Kier alpha value is -3.00. The second-order valence-corrected chi connectivity index (χ2v) is 12.8. The lowest BCUT2D eigenvalue weighted by molar-refractivity contribution is -0.120. The standard InChI is InChI=1S/C29H31ClN2O4S/c1-29(2,3)23-11-9-20(10-12-23)27(33)21-6-4-8-25(18-21)31-28(34)22-7-5-17-32(19-22)37(35,36)26-15-13-24(30)14-16-26/h4,6,8-16,18,22H,5,7,17,19H2,1-3H3,(H,31,34)/t22-/m1/s1. The van der Waals surface area contributed by atoms with Gasteiger partial charge < -0.3 is 5.32 Å². The van der Waals surface area contributed by atoms with Crippen LogP contribution in [0.15, 0.2) is 77.7 Å². The van der Waals surface area contributed by atoms with Crippen molar-refractivity contribution in [2.45, 2.75) is 43.9 Å². The zero-order valence-corrected chi connectivity index (χ0v) is 22.8. The Kier molecular flexibility index (Phi) is 7.88. The molecule has 1 aliphatic rings. The summed E-state index contributed by atoms with van der Waals surface area (Å²) in [6.07, 6.45) is 1.16. The van der Waals surface area contributed by atoms with Gasteiger partial charge in [0.05, 0.1) is 10.8 Å². The average molecular weight is 539 g/mol.